The Morgan fingerprint density at radius 2 is 2.00 bits per heavy atom. The fourth-order valence-corrected chi connectivity index (χ4v) is 5.29. The molecule has 1 amide bonds. The van der Waals surface area contributed by atoms with Crippen LogP contribution in [-0.2, 0) is 18.4 Å². The molecule has 1 aromatic carbocycles. The molecule has 1 aliphatic heterocycles. The standard InChI is InChI=1S/C23H27N7O2S/c1-15-6-8-17(9-7-15)13-29-21(32)20-18(11-24-27(20)3)30-22(29)25-26-23(30)33-14-19(31)28-10-4-5-16(2)12-28/h6-9,11,16H,4-5,10,12-14H2,1-3H3. The maximum Gasteiger partial charge on any atom is 0.281 e. The third kappa shape index (κ3) is 4.03. The van der Waals surface area contributed by atoms with Gasteiger partial charge in [0.05, 0.1) is 18.5 Å². The summed E-state index contributed by atoms with van der Waals surface area (Å²) in [6.07, 6.45) is 3.87. The van der Waals surface area contributed by atoms with Crippen molar-refractivity contribution >= 4 is 34.5 Å². The van der Waals surface area contributed by atoms with Crippen molar-refractivity contribution in [1.82, 2.24) is 33.8 Å². The number of fused-ring (bicyclic) bond motifs is 3. The quantitative estimate of drug-likeness (QED) is 0.421. The molecule has 1 fully saturated rings. The Bertz CT molecular complexity index is 1390. The molecule has 1 atom stereocenters. The number of nitrogens with zero attached hydrogens (tertiary/aromatic N) is 7. The van der Waals surface area contributed by atoms with Crippen LogP contribution in [0.5, 0.6) is 0 Å². The fourth-order valence-electron chi connectivity index (χ4n) is 4.45. The van der Waals surface area contributed by atoms with E-state index in [4.69, 9.17) is 0 Å². The minimum atomic E-state index is -0.166. The van der Waals surface area contributed by atoms with Crippen molar-refractivity contribution in [3.05, 3.63) is 51.9 Å². The minimum Gasteiger partial charge on any atom is -0.342 e. The first-order valence-corrected chi connectivity index (χ1v) is 12.2. The maximum atomic E-state index is 13.4. The molecule has 9 nitrogen and oxygen atoms in total. The Hall–Kier alpha value is -3.14. The van der Waals surface area contributed by atoms with E-state index in [9.17, 15) is 9.59 Å². The topological polar surface area (TPSA) is 90.3 Å². The molecule has 0 saturated carbocycles. The summed E-state index contributed by atoms with van der Waals surface area (Å²) < 4.78 is 5.05. The number of thioether (sulfide) groups is 1. The van der Waals surface area contributed by atoms with E-state index >= 15 is 0 Å². The van der Waals surface area contributed by atoms with Gasteiger partial charge in [0.25, 0.3) is 5.56 Å². The molecule has 4 heterocycles. The number of aryl methyl sites for hydroxylation is 2. The number of hydrogen-bond donors (Lipinski definition) is 0. The number of likely N-dealkylation sites (tertiary alicyclic amines) is 1. The molecule has 3 aromatic heterocycles. The highest BCUT2D eigenvalue weighted by Gasteiger charge is 2.23. The molecule has 0 N–H and O–H groups in total. The number of carbonyl (C=O) groups is 1. The van der Waals surface area contributed by atoms with Crippen molar-refractivity contribution in [2.45, 2.75) is 38.4 Å². The van der Waals surface area contributed by atoms with Crippen molar-refractivity contribution in [2.24, 2.45) is 13.0 Å². The van der Waals surface area contributed by atoms with Crippen LogP contribution in [0.25, 0.3) is 16.8 Å². The zero-order valence-corrected chi connectivity index (χ0v) is 19.9. The van der Waals surface area contributed by atoms with Gasteiger partial charge in [-0.2, -0.15) is 5.10 Å². The first kappa shape index (κ1) is 21.7. The van der Waals surface area contributed by atoms with Gasteiger partial charge in [0.15, 0.2) is 10.7 Å². The van der Waals surface area contributed by atoms with E-state index in [2.05, 4.69) is 22.2 Å². The highest BCUT2D eigenvalue weighted by Crippen LogP contribution is 2.23. The first-order chi connectivity index (χ1) is 15.9. The van der Waals surface area contributed by atoms with Crippen molar-refractivity contribution in [3.63, 3.8) is 0 Å². The van der Waals surface area contributed by atoms with Crippen LogP contribution in [0.4, 0.5) is 0 Å². The number of piperidine rings is 1. The number of carbonyl (C=O) groups excluding carboxylic acids is 1. The van der Waals surface area contributed by atoms with Gasteiger partial charge in [0.1, 0.15) is 5.52 Å². The van der Waals surface area contributed by atoms with E-state index < -0.39 is 0 Å². The summed E-state index contributed by atoms with van der Waals surface area (Å²) in [5, 5.41) is 13.6. The molecule has 5 rings (SSSR count). The molecular weight excluding hydrogens is 438 g/mol. The molecule has 10 heteroatoms. The van der Waals surface area contributed by atoms with Crippen molar-refractivity contribution in [3.8, 4) is 0 Å². The third-order valence-electron chi connectivity index (χ3n) is 6.26. The largest absolute Gasteiger partial charge is 0.342 e. The highest BCUT2D eigenvalue weighted by atomic mass is 32.2. The third-order valence-corrected chi connectivity index (χ3v) is 7.18. The lowest BCUT2D eigenvalue weighted by Crippen LogP contribution is -2.40. The van der Waals surface area contributed by atoms with Gasteiger partial charge in [-0.25, -0.2) is 0 Å². The van der Waals surface area contributed by atoms with Crippen LogP contribution >= 0.6 is 11.8 Å². The lowest BCUT2D eigenvalue weighted by atomic mass is 10.0. The van der Waals surface area contributed by atoms with Crippen LogP contribution in [0.3, 0.4) is 0 Å². The van der Waals surface area contributed by atoms with E-state index in [0.717, 1.165) is 30.6 Å². The summed E-state index contributed by atoms with van der Waals surface area (Å²) in [5.74, 6) is 1.38. The summed E-state index contributed by atoms with van der Waals surface area (Å²) in [6.45, 7) is 6.21. The second-order valence-electron chi connectivity index (χ2n) is 8.87. The smallest absolute Gasteiger partial charge is 0.281 e. The van der Waals surface area contributed by atoms with E-state index in [1.165, 1.54) is 18.2 Å². The minimum absolute atomic E-state index is 0.110. The van der Waals surface area contributed by atoms with Crippen molar-refractivity contribution in [2.75, 3.05) is 18.8 Å². The summed E-state index contributed by atoms with van der Waals surface area (Å²) >= 11 is 1.35. The first-order valence-electron chi connectivity index (χ1n) is 11.2. The van der Waals surface area contributed by atoms with Gasteiger partial charge in [-0.3, -0.25) is 23.2 Å². The summed E-state index contributed by atoms with van der Waals surface area (Å²) in [7, 11) is 1.75. The van der Waals surface area contributed by atoms with Crippen LogP contribution in [-0.4, -0.2) is 58.6 Å². The second-order valence-corrected chi connectivity index (χ2v) is 9.82. The number of hydrogen-bond acceptors (Lipinski definition) is 6. The molecule has 1 unspecified atom stereocenters. The summed E-state index contributed by atoms with van der Waals surface area (Å²) in [4.78, 5) is 28.1. The van der Waals surface area contributed by atoms with E-state index in [-0.39, 0.29) is 17.2 Å². The van der Waals surface area contributed by atoms with Crippen LogP contribution in [0.15, 0.2) is 40.4 Å². The average molecular weight is 466 g/mol. The molecule has 33 heavy (non-hydrogen) atoms. The van der Waals surface area contributed by atoms with E-state index in [0.29, 0.717) is 34.4 Å². The molecule has 1 saturated heterocycles. The van der Waals surface area contributed by atoms with Gasteiger partial charge in [-0.1, -0.05) is 48.5 Å². The Balaban J connectivity index is 1.52. The number of benzene rings is 1. The van der Waals surface area contributed by atoms with E-state index in [1.54, 1.807) is 22.5 Å². The van der Waals surface area contributed by atoms with Gasteiger partial charge in [-0.15, -0.1) is 10.2 Å². The van der Waals surface area contributed by atoms with Gasteiger partial charge >= 0.3 is 0 Å². The van der Waals surface area contributed by atoms with E-state index in [1.807, 2.05) is 40.5 Å². The second kappa shape index (κ2) is 8.66. The van der Waals surface area contributed by atoms with Crippen LogP contribution < -0.4 is 5.56 Å². The van der Waals surface area contributed by atoms with Crippen LogP contribution in [0, 0.1) is 12.8 Å². The number of amides is 1. The SMILES string of the molecule is Cc1ccc(Cn2c(=O)c3c(cnn3C)n3c(SCC(=O)N4CCCC(C)C4)nnc23)cc1. The fraction of sp³-hybridized carbons (Fsp3) is 0.435. The Morgan fingerprint density at radius 3 is 2.76 bits per heavy atom. The predicted octanol–water partition coefficient (Wildman–Crippen LogP) is 2.49. The normalized spacial score (nSPS) is 16.7. The van der Waals surface area contributed by atoms with Gasteiger partial charge < -0.3 is 4.90 Å². The Labute approximate surface area is 195 Å². The van der Waals surface area contributed by atoms with Gasteiger partial charge in [0.2, 0.25) is 11.7 Å². The maximum absolute atomic E-state index is 13.4. The molecular formula is C23H27N7O2S. The number of rotatable bonds is 5. The molecule has 172 valence electrons. The zero-order valence-electron chi connectivity index (χ0n) is 19.1. The van der Waals surface area contributed by atoms with Crippen molar-refractivity contribution < 1.29 is 4.79 Å². The molecule has 0 radical (unpaired) electrons. The molecule has 0 aliphatic carbocycles. The molecule has 4 aromatic rings. The number of aromatic nitrogens is 6. The Morgan fingerprint density at radius 1 is 1.21 bits per heavy atom. The van der Waals surface area contributed by atoms with Gasteiger partial charge in [0, 0.05) is 20.1 Å². The zero-order chi connectivity index (χ0) is 23.1. The molecule has 0 bridgehead atoms. The predicted molar refractivity (Wildman–Crippen MR) is 128 cm³/mol. The molecule has 0 spiro atoms. The average Bonchev–Trinajstić information content (AvgIpc) is 3.40. The lowest BCUT2D eigenvalue weighted by Gasteiger charge is -2.30. The van der Waals surface area contributed by atoms with Crippen LogP contribution in [0.1, 0.15) is 30.9 Å². The summed E-state index contributed by atoms with van der Waals surface area (Å²) in [5.41, 5.74) is 3.11. The monoisotopic (exact) mass is 465 g/mol. The summed E-state index contributed by atoms with van der Waals surface area (Å²) in [6, 6.07) is 8.07. The van der Waals surface area contributed by atoms with Gasteiger partial charge in [-0.05, 0) is 31.2 Å². The Kier molecular flexibility index (Phi) is 5.69. The lowest BCUT2D eigenvalue weighted by molar-refractivity contribution is -0.130. The van der Waals surface area contributed by atoms with Crippen molar-refractivity contribution in [1.29, 1.82) is 0 Å². The van der Waals surface area contributed by atoms with Crippen LogP contribution in [0.2, 0.25) is 0 Å². The highest BCUT2D eigenvalue weighted by molar-refractivity contribution is 7.99. The molecule has 1 aliphatic rings.